The van der Waals surface area contributed by atoms with Gasteiger partial charge in [0.15, 0.2) is 0 Å². The summed E-state index contributed by atoms with van der Waals surface area (Å²) in [6, 6.07) is 0. The van der Waals surface area contributed by atoms with E-state index in [1.807, 2.05) is 27.7 Å². The fourth-order valence-corrected chi connectivity index (χ4v) is 1.13. The van der Waals surface area contributed by atoms with E-state index in [4.69, 9.17) is 35.7 Å². The highest BCUT2D eigenvalue weighted by Gasteiger charge is 2.19. The van der Waals surface area contributed by atoms with E-state index in [0.717, 1.165) is 12.8 Å². The lowest BCUT2D eigenvalue weighted by atomic mass is 9.88. The van der Waals surface area contributed by atoms with Crippen LogP contribution in [-0.2, 0) is 4.46 Å². The van der Waals surface area contributed by atoms with E-state index in [0.29, 0.717) is 11.8 Å². The van der Waals surface area contributed by atoms with Crippen molar-refractivity contribution in [1.82, 2.24) is 0 Å². The lowest BCUT2D eigenvalue weighted by molar-refractivity contribution is 0.224. The highest BCUT2D eigenvalue weighted by atomic mass is 28.3. The fourth-order valence-electron chi connectivity index (χ4n) is 1.13. The van der Waals surface area contributed by atoms with Crippen molar-refractivity contribution in [3.8, 4) is 0 Å². The maximum absolute atomic E-state index is 8.74. The maximum Gasteiger partial charge on any atom is 0.761 e. The van der Waals surface area contributed by atoms with Crippen molar-refractivity contribution in [3.63, 3.8) is 0 Å². The molecule has 0 heterocycles. The van der Waals surface area contributed by atoms with Gasteiger partial charge < -0.3 is 31.3 Å². The highest BCUT2D eigenvalue weighted by molar-refractivity contribution is 6.22. The van der Waals surface area contributed by atoms with Gasteiger partial charge in [-0.2, -0.15) is 0 Å². The van der Waals surface area contributed by atoms with Crippen LogP contribution in [0.3, 0.4) is 0 Å². The fraction of sp³-hybridized carbons (Fsp3) is 1.00. The van der Waals surface area contributed by atoms with E-state index in [2.05, 4.69) is 13.8 Å². The van der Waals surface area contributed by atoms with Crippen LogP contribution in [0.2, 0.25) is 0 Å². The number of aliphatic hydroxyl groups excluding tert-OH is 2. The van der Waals surface area contributed by atoms with Gasteiger partial charge in [0.25, 0.3) is 0 Å². The maximum atomic E-state index is 8.74. The molecule has 0 aromatic heterocycles. The summed E-state index contributed by atoms with van der Waals surface area (Å²) < 4.78 is 8.74. The number of hydrogen-bond donors (Lipinski definition) is 6. The number of rotatable bonds is 6. The number of nitrogens with two attached hydrogens (primary N) is 2. The molecule has 0 aromatic rings. The minimum absolute atomic E-state index is 0.150. The van der Waals surface area contributed by atoms with Gasteiger partial charge >= 0.3 is 9.17 Å². The molecule has 0 radical (unpaired) electrons. The molecule has 0 spiro atoms. The first kappa shape index (κ1) is 26.4. The third-order valence-corrected chi connectivity index (χ3v) is 3.66. The van der Waals surface area contributed by atoms with Gasteiger partial charge in [0, 0.05) is 24.3 Å². The molecule has 2 unspecified atom stereocenters. The third-order valence-electron chi connectivity index (χ3n) is 3.66. The zero-order valence-electron chi connectivity index (χ0n) is 14.8. The van der Waals surface area contributed by atoms with Gasteiger partial charge in [0.2, 0.25) is 0 Å². The van der Waals surface area contributed by atoms with Crippen molar-refractivity contribution in [2.75, 3.05) is 13.2 Å². The van der Waals surface area contributed by atoms with E-state index < -0.39 is 9.17 Å². The number of aliphatic hydroxyl groups is 2. The van der Waals surface area contributed by atoms with Crippen molar-refractivity contribution in [2.24, 2.45) is 23.3 Å². The molecule has 0 aliphatic heterocycles. The Balaban J connectivity index is -0.000000266. The van der Waals surface area contributed by atoms with Crippen LogP contribution in [0.25, 0.3) is 0 Å². The van der Waals surface area contributed by atoms with Crippen LogP contribution < -0.4 is 11.5 Å². The molecule has 0 bridgehead atoms. The Morgan fingerprint density at radius 3 is 1.09 bits per heavy atom. The van der Waals surface area contributed by atoms with Crippen molar-refractivity contribution in [1.29, 1.82) is 0 Å². The summed E-state index contributed by atoms with van der Waals surface area (Å²) >= 11 is 0. The normalized spacial score (nSPS) is 13.9. The molecular weight excluding hydrogens is 304 g/mol. The van der Waals surface area contributed by atoms with Crippen LogP contribution in [0.4, 0.5) is 0 Å². The summed E-state index contributed by atoms with van der Waals surface area (Å²) in [5.41, 5.74) is 11.2. The minimum Gasteiger partial charge on any atom is -0.511 e. The van der Waals surface area contributed by atoms with Crippen molar-refractivity contribution >= 4 is 9.17 Å². The molecule has 0 saturated carbocycles. The van der Waals surface area contributed by atoms with E-state index in [9.17, 15) is 0 Å². The summed E-state index contributed by atoms with van der Waals surface area (Å²) in [5, 5.41) is 17.1. The molecular formula is C14H36N2O5Si. The van der Waals surface area contributed by atoms with Crippen LogP contribution in [0.15, 0.2) is 0 Å². The van der Waals surface area contributed by atoms with Gasteiger partial charge in [-0.15, -0.1) is 0 Å². The Bertz CT molecular complexity index is 251. The molecule has 0 rings (SSSR count). The molecule has 8 heteroatoms. The zero-order valence-corrected chi connectivity index (χ0v) is 15.8. The molecule has 7 nitrogen and oxygen atoms in total. The Hall–Kier alpha value is -0.543. The average Bonchev–Trinajstić information content (AvgIpc) is 2.27. The Morgan fingerprint density at radius 1 is 0.864 bits per heavy atom. The van der Waals surface area contributed by atoms with Gasteiger partial charge in [0.05, 0.1) is 0 Å². The molecule has 0 fully saturated rings. The first-order valence-electron chi connectivity index (χ1n) is 7.41. The molecule has 22 heavy (non-hydrogen) atoms. The molecule has 8 N–H and O–H groups in total. The van der Waals surface area contributed by atoms with E-state index >= 15 is 0 Å². The Kier molecular flexibility index (Phi) is 15.5. The SMILES string of the molecule is CC(CCO)C(C)(C)N.CC(CCO)C(C)(C)N.O=[Si](O)O. The second-order valence-electron chi connectivity index (χ2n) is 6.75. The highest BCUT2D eigenvalue weighted by Crippen LogP contribution is 2.15. The minimum atomic E-state index is -3.13. The van der Waals surface area contributed by atoms with Gasteiger partial charge in [-0.05, 0) is 52.4 Å². The summed E-state index contributed by atoms with van der Waals surface area (Å²) in [6.07, 6.45) is 1.59. The van der Waals surface area contributed by atoms with Crippen molar-refractivity contribution in [3.05, 3.63) is 0 Å². The Labute approximate surface area is 136 Å². The van der Waals surface area contributed by atoms with Crippen LogP contribution in [-0.4, -0.2) is 53.3 Å². The van der Waals surface area contributed by atoms with Gasteiger partial charge in [-0.3, -0.25) is 4.46 Å². The smallest absolute Gasteiger partial charge is 0.511 e. The van der Waals surface area contributed by atoms with Crippen LogP contribution >= 0.6 is 0 Å². The van der Waals surface area contributed by atoms with E-state index in [1.54, 1.807) is 0 Å². The van der Waals surface area contributed by atoms with Gasteiger partial charge in [0.1, 0.15) is 0 Å². The van der Waals surface area contributed by atoms with Crippen LogP contribution in [0, 0.1) is 11.8 Å². The first-order chi connectivity index (χ1) is 9.69. The summed E-state index contributed by atoms with van der Waals surface area (Å²) in [6.45, 7) is 12.5. The summed E-state index contributed by atoms with van der Waals surface area (Å²) in [5.74, 6) is 0.782. The summed E-state index contributed by atoms with van der Waals surface area (Å²) in [4.78, 5) is 14.3. The quantitative estimate of drug-likeness (QED) is 0.369. The monoisotopic (exact) mass is 340 g/mol. The molecule has 0 aliphatic rings. The predicted molar refractivity (Wildman–Crippen MR) is 89.1 cm³/mol. The number of hydrogen-bond acceptors (Lipinski definition) is 5. The van der Waals surface area contributed by atoms with E-state index in [-0.39, 0.29) is 24.3 Å². The van der Waals surface area contributed by atoms with E-state index in [1.165, 1.54) is 0 Å². The average molecular weight is 341 g/mol. The second-order valence-corrected chi connectivity index (χ2v) is 7.32. The molecule has 0 saturated heterocycles. The first-order valence-corrected chi connectivity index (χ1v) is 8.71. The molecule has 0 aliphatic carbocycles. The van der Waals surface area contributed by atoms with Crippen LogP contribution in [0.5, 0.6) is 0 Å². The summed E-state index contributed by atoms with van der Waals surface area (Å²) in [7, 11) is -3.13. The second kappa shape index (κ2) is 12.9. The van der Waals surface area contributed by atoms with Gasteiger partial charge in [-0.1, -0.05) is 13.8 Å². The standard InChI is InChI=1S/2C7H17NO.H2O3Si/c2*1-6(4-5-9)7(2,3)8;1-4(2)3/h2*6,9H,4-5,8H2,1-3H3;1-2H. The van der Waals surface area contributed by atoms with Crippen LogP contribution in [0.1, 0.15) is 54.4 Å². The van der Waals surface area contributed by atoms with Gasteiger partial charge in [-0.25, -0.2) is 0 Å². The van der Waals surface area contributed by atoms with Crippen molar-refractivity contribution < 1.29 is 24.3 Å². The molecule has 0 aromatic carbocycles. The largest absolute Gasteiger partial charge is 0.761 e. The third kappa shape index (κ3) is 21.7. The predicted octanol–water partition coefficient (Wildman–Crippen LogP) is -0.129. The molecule has 0 amide bonds. The lowest BCUT2D eigenvalue weighted by Crippen LogP contribution is -2.39. The molecule has 136 valence electrons. The zero-order chi connectivity index (χ0) is 18.6. The van der Waals surface area contributed by atoms with Crippen molar-refractivity contribution in [2.45, 2.75) is 65.5 Å². The Morgan fingerprint density at radius 2 is 1.05 bits per heavy atom. The lowest BCUT2D eigenvalue weighted by Gasteiger charge is -2.26. The topological polar surface area (TPSA) is 150 Å². The molecule has 2 atom stereocenters.